The minimum Gasteiger partial charge on any atom is -0.356 e. The molecule has 4 heterocycles. The van der Waals surface area contributed by atoms with Crippen molar-refractivity contribution in [3.05, 3.63) is 48.7 Å². The summed E-state index contributed by atoms with van der Waals surface area (Å²) in [5.74, 6) is 2.67. The fraction of sp³-hybridized carbons (Fsp3) is 0.476. The fourth-order valence-corrected chi connectivity index (χ4v) is 5.05. The van der Waals surface area contributed by atoms with Crippen molar-refractivity contribution in [1.82, 2.24) is 24.8 Å². The Morgan fingerprint density at radius 1 is 1.19 bits per heavy atom. The van der Waals surface area contributed by atoms with E-state index in [0.29, 0.717) is 6.04 Å². The first-order chi connectivity index (χ1) is 13.3. The van der Waals surface area contributed by atoms with Crippen molar-refractivity contribution in [3.63, 3.8) is 0 Å². The molecule has 0 bridgehead atoms. The number of aromatic amines is 1. The van der Waals surface area contributed by atoms with Gasteiger partial charge < -0.3 is 9.88 Å². The first-order valence-corrected chi connectivity index (χ1v) is 9.90. The van der Waals surface area contributed by atoms with Crippen molar-refractivity contribution in [2.24, 2.45) is 11.8 Å². The van der Waals surface area contributed by atoms with Gasteiger partial charge in [0.1, 0.15) is 17.8 Å². The van der Waals surface area contributed by atoms with Crippen molar-refractivity contribution in [2.75, 3.05) is 25.0 Å². The first kappa shape index (κ1) is 16.7. The lowest BCUT2D eigenvalue weighted by Crippen LogP contribution is -2.39. The molecule has 1 saturated heterocycles. The van der Waals surface area contributed by atoms with E-state index in [4.69, 9.17) is 0 Å². The number of pyridine rings is 1. The Bertz CT molecular complexity index is 907. The average Bonchev–Trinajstić information content (AvgIpc) is 3.33. The average molecular weight is 362 g/mol. The standard InChI is InChI=1S/C21H26N6/c1-26(21-19-6-8-23-20(19)24-14-25-21)18-5-4-16-12-27(13-17(16)9-18)11-15-3-2-7-22-10-15/h2-3,6-8,10,14,16-18H,4-5,9,11-13H2,1H3,(H,23,24,25). The normalized spacial score (nSPS) is 25.6. The smallest absolute Gasteiger partial charge is 0.142 e. The number of anilines is 1. The van der Waals surface area contributed by atoms with Gasteiger partial charge in [0, 0.05) is 51.3 Å². The lowest BCUT2D eigenvalue weighted by Gasteiger charge is -2.37. The predicted octanol–water partition coefficient (Wildman–Crippen LogP) is 3.09. The minimum absolute atomic E-state index is 0.553. The molecule has 0 amide bonds. The molecule has 1 N–H and O–H groups in total. The topological polar surface area (TPSA) is 60.9 Å². The van der Waals surface area contributed by atoms with Crippen LogP contribution in [0.3, 0.4) is 0 Å². The number of aromatic nitrogens is 4. The fourth-order valence-electron chi connectivity index (χ4n) is 5.05. The second-order valence-corrected chi connectivity index (χ2v) is 8.09. The molecule has 0 radical (unpaired) electrons. The van der Waals surface area contributed by atoms with Crippen LogP contribution in [-0.2, 0) is 6.54 Å². The number of fused-ring (bicyclic) bond motifs is 2. The van der Waals surface area contributed by atoms with Gasteiger partial charge in [-0.3, -0.25) is 9.88 Å². The molecule has 140 valence electrons. The Morgan fingerprint density at radius 3 is 3.00 bits per heavy atom. The van der Waals surface area contributed by atoms with Crippen LogP contribution in [0.2, 0.25) is 0 Å². The van der Waals surface area contributed by atoms with E-state index in [1.54, 1.807) is 6.33 Å². The van der Waals surface area contributed by atoms with E-state index in [2.05, 4.69) is 48.9 Å². The number of hydrogen-bond acceptors (Lipinski definition) is 5. The largest absolute Gasteiger partial charge is 0.356 e. The molecule has 3 aromatic heterocycles. The monoisotopic (exact) mass is 362 g/mol. The second kappa shape index (κ2) is 6.93. The maximum Gasteiger partial charge on any atom is 0.142 e. The van der Waals surface area contributed by atoms with E-state index in [0.717, 1.165) is 35.2 Å². The molecule has 3 aromatic rings. The van der Waals surface area contributed by atoms with Gasteiger partial charge in [0.15, 0.2) is 0 Å². The Hall–Kier alpha value is -2.47. The van der Waals surface area contributed by atoms with Crippen molar-refractivity contribution >= 4 is 16.9 Å². The van der Waals surface area contributed by atoms with Gasteiger partial charge in [-0.25, -0.2) is 9.97 Å². The van der Waals surface area contributed by atoms with Crippen LogP contribution in [0.5, 0.6) is 0 Å². The second-order valence-electron chi connectivity index (χ2n) is 8.09. The van der Waals surface area contributed by atoms with E-state index in [9.17, 15) is 0 Å². The summed E-state index contributed by atoms with van der Waals surface area (Å²) in [6.07, 6.45) is 11.3. The highest BCUT2D eigenvalue weighted by atomic mass is 15.2. The molecule has 0 aromatic carbocycles. The molecular formula is C21H26N6. The van der Waals surface area contributed by atoms with E-state index < -0.39 is 0 Å². The van der Waals surface area contributed by atoms with Crippen LogP contribution in [0.4, 0.5) is 5.82 Å². The minimum atomic E-state index is 0.553. The van der Waals surface area contributed by atoms with Gasteiger partial charge in [-0.2, -0.15) is 0 Å². The maximum atomic E-state index is 4.59. The van der Waals surface area contributed by atoms with Gasteiger partial charge in [-0.15, -0.1) is 0 Å². The third-order valence-corrected chi connectivity index (χ3v) is 6.44. The van der Waals surface area contributed by atoms with E-state index in [-0.39, 0.29) is 0 Å². The molecule has 2 aliphatic rings. The zero-order chi connectivity index (χ0) is 18.2. The summed E-state index contributed by atoms with van der Waals surface area (Å²) in [5, 5.41) is 1.12. The molecule has 3 atom stereocenters. The molecule has 0 spiro atoms. The number of hydrogen-bond donors (Lipinski definition) is 1. The first-order valence-electron chi connectivity index (χ1n) is 9.90. The number of nitrogens with one attached hydrogen (secondary N) is 1. The zero-order valence-corrected chi connectivity index (χ0v) is 15.8. The molecule has 1 aliphatic carbocycles. The highest BCUT2D eigenvalue weighted by Crippen LogP contribution is 2.39. The third-order valence-electron chi connectivity index (χ3n) is 6.44. The van der Waals surface area contributed by atoms with Gasteiger partial charge in [-0.05, 0) is 48.8 Å². The summed E-state index contributed by atoms with van der Waals surface area (Å²) in [7, 11) is 2.20. The third kappa shape index (κ3) is 3.18. The van der Waals surface area contributed by atoms with Gasteiger partial charge in [0.25, 0.3) is 0 Å². The summed E-state index contributed by atoms with van der Waals surface area (Å²) in [6.45, 7) is 3.45. The summed E-state index contributed by atoms with van der Waals surface area (Å²) in [4.78, 5) is 21.4. The van der Waals surface area contributed by atoms with Crippen molar-refractivity contribution < 1.29 is 0 Å². The Balaban J connectivity index is 1.27. The van der Waals surface area contributed by atoms with Crippen LogP contribution in [0.25, 0.3) is 11.0 Å². The number of rotatable bonds is 4. The van der Waals surface area contributed by atoms with Crippen LogP contribution in [0, 0.1) is 11.8 Å². The lowest BCUT2D eigenvalue weighted by molar-refractivity contribution is 0.266. The number of likely N-dealkylation sites (tertiary alicyclic amines) is 1. The summed E-state index contributed by atoms with van der Waals surface area (Å²) in [6, 6.07) is 6.85. The molecule has 1 aliphatic heterocycles. The Kier molecular flexibility index (Phi) is 4.28. The Labute approximate surface area is 159 Å². The maximum absolute atomic E-state index is 4.59. The molecule has 6 heteroatoms. The van der Waals surface area contributed by atoms with Crippen LogP contribution >= 0.6 is 0 Å². The molecule has 3 unspecified atom stereocenters. The van der Waals surface area contributed by atoms with E-state index in [1.165, 1.54) is 37.9 Å². The highest BCUT2D eigenvalue weighted by Gasteiger charge is 2.39. The zero-order valence-electron chi connectivity index (χ0n) is 15.8. The van der Waals surface area contributed by atoms with Crippen molar-refractivity contribution in [3.8, 4) is 0 Å². The van der Waals surface area contributed by atoms with Crippen molar-refractivity contribution in [2.45, 2.75) is 31.8 Å². The summed E-state index contributed by atoms with van der Waals surface area (Å²) >= 11 is 0. The molecular weight excluding hydrogens is 336 g/mol. The van der Waals surface area contributed by atoms with Crippen LogP contribution in [-0.4, -0.2) is 51.0 Å². The Morgan fingerprint density at radius 2 is 2.11 bits per heavy atom. The number of nitrogens with zero attached hydrogens (tertiary/aromatic N) is 5. The van der Waals surface area contributed by atoms with Crippen LogP contribution in [0.15, 0.2) is 43.1 Å². The molecule has 1 saturated carbocycles. The SMILES string of the molecule is CN(c1ncnc2[nH]ccc12)C1CCC2CN(Cc3cccnc3)CC2C1. The lowest BCUT2D eigenvalue weighted by atomic mass is 9.78. The van der Waals surface area contributed by atoms with Gasteiger partial charge >= 0.3 is 0 Å². The highest BCUT2D eigenvalue weighted by molar-refractivity contribution is 5.87. The van der Waals surface area contributed by atoms with Gasteiger partial charge in [-0.1, -0.05) is 6.07 Å². The molecule has 27 heavy (non-hydrogen) atoms. The molecule has 6 nitrogen and oxygen atoms in total. The van der Waals surface area contributed by atoms with Crippen LogP contribution < -0.4 is 4.90 Å². The molecule has 5 rings (SSSR count). The van der Waals surface area contributed by atoms with E-state index in [1.807, 2.05) is 24.7 Å². The molecule has 2 fully saturated rings. The van der Waals surface area contributed by atoms with Crippen molar-refractivity contribution in [1.29, 1.82) is 0 Å². The van der Waals surface area contributed by atoms with Crippen LogP contribution in [0.1, 0.15) is 24.8 Å². The van der Waals surface area contributed by atoms with Gasteiger partial charge in [0.05, 0.1) is 5.39 Å². The quantitative estimate of drug-likeness (QED) is 0.773. The summed E-state index contributed by atoms with van der Waals surface area (Å²) < 4.78 is 0. The summed E-state index contributed by atoms with van der Waals surface area (Å²) in [5.41, 5.74) is 2.24. The number of H-pyrrole nitrogens is 1. The predicted molar refractivity (Wildman–Crippen MR) is 106 cm³/mol. The van der Waals surface area contributed by atoms with E-state index >= 15 is 0 Å². The van der Waals surface area contributed by atoms with Gasteiger partial charge in [0.2, 0.25) is 0 Å².